The third kappa shape index (κ3) is 1.44. The molecule has 0 bridgehead atoms. The van der Waals surface area contributed by atoms with E-state index in [4.69, 9.17) is 0 Å². The minimum Gasteiger partial charge on any atom is -0.294 e. The van der Waals surface area contributed by atoms with E-state index >= 15 is 0 Å². The number of nitrogens with zero attached hydrogens (tertiary/aromatic N) is 1. The highest BCUT2D eigenvalue weighted by Gasteiger charge is 1.96. The normalized spacial score (nSPS) is 9.30. The number of rotatable bonds is 1. The van der Waals surface area contributed by atoms with Crippen LogP contribution in [0.2, 0.25) is 0 Å². The van der Waals surface area contributed by atoms with Crippen molar-refractivity contribution in [1.82, 2.24) is 4.98 Å². The highest BCUT2D eigenvalue weighted by atomic mass is 16.1. The van der Waals surface area contributed by atoms with E-state index in [1.807, 2.05) is 13.9 Å². The fourth-order valence-corrected chi connectivity index (χ4v) is 0.676. The monoisotopic (exact) mass is 133 g/mol. The van der Waals surface area contributed by atoms with Crippen LogP contribution in [0.4, 0.5) is 0 Å². The zero-order valence-corrected chi connectivity index (χ0v) is 6.09. The van der Waals surface area contributed by atoms with Gasteiger partial charge in [-0.1, -0.05) is 6.07 Å². The second-order valence-electron chi connectivity index (χ2n) is 2.24. The molecule has 50 valence electrons. The van der Waals surface area contributed by atoms with Crippen LogP contribution in [0, 0.1) is 0 Å². The maximum absolute atomic E-state index is 10.7. The lowest BCUT2D eigenvalue weighted by Gasteiger charge is -1.93. The van der Waals surface area contributed by atoms with Gasteiger partial charge in [-0.05, 0) is 18.6 Å². The molecule has 0 amide bonds. The van der Waals surface area contributed by atoms with Crippen LogP contribution in [0.25, 0.3) is 0 Å². The Labute approximate surface area is 60.7 Å². The van der Waals surface area contributed by atoms with Gasteiger partial charge in [0.05, 0.1) is 0 Å². The summed E-state index contributed by atoms with van der Waals surface area (Å²) in [5.41, 5.74) is 1.61. The van der Waals surface area contributed by atoms with Gasteiger partial charge in [-0.2, -0.15) is 0 Å². The largest absolute Gasteiger partial charge is 0.294 e. The van der Waals surface area contributed by atoms with Crippen LogP contribution in [-0.4, -0.2) is 18.6 Å². The summed E-state index contributed by atoms with van der Waals surface area (Å²) in [5.74, 6) is 0.0625. The van der Waals surface area contributed by atoms with Crippen molar-refractivity contribution in [3.63, 3.8) is 0 Å². The van der Waals surface area contributed by atoms with Crippen LogP contribution >= 0.6 is 0 Å². The molecule has 0 N–H and O–H groups in total. The SMILES string of the molecule is Bc1ccc(C(C)=O)cn1. The Balaban J connectivity index is 3.00. The lowest BCUT2D eigenvalue weighted by molar-refractivity contribution is 0.101. The fraction of sp³-hybridized carbons (Fsp3) is 0.143. The van der Waals surface area contributed by atoms with Crippen LogP contribution < -0.4 is 5.59 Å². The first-order valence-electron chi connectivity index (χ1n) is 3.14. The minimum atomic E-state index is 0.0625. The zero-order chi connectivity index (χ0) is 7.56. The van der Waals surface area contributed by atoms with E-state index in [1.165, 1.54) is 6.92 Å². The van der Waals surface area contributed by atoms with E-state index < -0.39 is 0 Å². The summed E-state index contributed by atoms with van der Waals surface area (Å²) in [6, 6.07) is 3.61. The van der Waals surface area contributed by atoms with E-state index in [9.17, 15) is 4.79 Å². The minimum absolute atomic E-state index is 0.0625. The molecule has 1 rings (SSSR count). The number of ketones is 1. The third-order valence-corrected chi connectivity index (χ3v) is 1.32. The molecule has 0 unspecified atom stereocenters. The summed E-state index contributed by atoms with van der Waals surface area (Å²) in [6.45, 7) is 1.53. The number of aromatic nitrogens is 1. The smallest absolute Gasteiger partial charge is 0.163 e. The van der Waals surface area contributed by atoms with Gasteiger partial charge in [0.25, 0.3) is 0 Å². The number of carbonyl (C=O) groups excluding carboxylic acids is 1. The van der Waals surface area contributed by atoms with Gasteiger partial charge in [0.1, 0.15) is 0 Å². The molecule has 0 saturated heterocycles. The molecule has 0 radical (unpaired) electrons. The van der Waals surface area contributed by atoms with Gasteiger partial charge in [0.15, 0.2) is 13.6 Å². The van der Waals surface area contributed by atoms with Crippen molar-refractivity contribution >= 4 is 19.2 Å². The number of hydrogen-bond donors (Lipinski definition) is 0. The average Bonchev–Trinajstić information content (AvgIpc) is 1.88. The van der Waals surface area contributed by atoms with Crippen LogP contribution in [0.3, 0.4) is 0 Å². The number of pyridine rings is 1. The van der Waals surface area contributed by atoms with Crippen molar-refractivity contribution in [1.29, 1.82) is 0 Å². The second kappa shape index (κ2) is 2.65. The Morgan fingerprint density at radius 2 is 2.30 bits per heavy atom. The predicted octanol–water partition coefficient (Wildman–Crippen LogP) is -0.457. The summed E-state index contributed by atoms with van der Waals surface area (Å²) >= 11 is 0. The maximum Gasteiger partial charge on any atom is 0.163 e. The van der Waals surface area contributed by atoms with E-state index in [2.05, 4.69) is 4.98 Å². The molecule has 0 aliphatic heterocycles. The Hall–Kier alpha value is -1.12. The molecule has 0 aromatic carbocycles. The Morgan fingerprint density at radius 1 is 1.60 bits per heavy atom. The van der Waals surface area contributed by atoms with E-state index in [-0.39, 0.29) is 5.78 Å². The highest BCUT2D eigenvalue weighted by molar-refractivity contribution is 6.30. The van der Waals surface area contributed by atoms with Crippen LogP contribution in [0.15, 0.2) is 18.3 Å². The quantitative estimate of drug-likeness (QED) is 0.383. The van der Waals surface area contributed by atoms with E-state index in [1.54, 1.807) is 12.3 Å². The summed E-state index contributed by atoms with van der Waals surface area (Å²) in [4.78, 5) is 14.7. The number of Topliss-reactive ketones (excluding diaryl/α,β-unsaturated/α-hetero) is 1. The van der Waals surface area contributed by atoms with Gasteiger partial charge in [-0.3, -0.25) is 9.78 Å². The molecular formula is C7H8BNO. The molecule has 1 aromatic heterocycles. The fourth-order valence-electron chi connectivity index (χ4n) is 0.676. The van der Waals surface area contributed by atoms with Gasteiger partial charge in [0.2, 0.25) is 0 Å². The average molecular weight is 133 g/mol. The third-order valence-electron chi connectivity index (χ3n) is 1.32. The summed E-state index contributed by atoms with van der Waals surface area (Å²) in [6.07, 6.45) is 1.59. The molecular weight excluding hydrogens is 125 g/mol. The Bertz CT molecular complexity index is 242. The van der Waals surface area contributed by atoms with Crippen LogP contribution in [0.1, 0.15) is 17.3 Å². The first-order chi connectivity index (χ1) is 4.70. The molecule has 0 saturated carbocycles. The van der Waals surface area contributed by atoms with Gasteiger partial charge in [-0.15, -0.1) is 0 Å². The Morgan fingerprint density at radius 3 is 2.70 bits per heavy atom. The van der Waals surface area contributed by atoms with Crippen molar-refractivity contribution in [3.05, 3.63) is 23.9 Å². The molecule has 3 heteroatoms. The van der Waals surface area contributed by atoms with Crippen molar-refractivity contribution in [3.8, 4) is 0 Å². The standard InChI is InChI=1S/C7H8BNO/c1-5(10)6-2-3-7(8)9-4-6/h2-4H,8H2,1H3. The number of carbonyl (C=O) groups is 1. The maximum atomic E-state index is 10.7. The Kier molecular flexibility index (Phi) is 1.85. The van der Waals surface area contributed by atoms with E-state index in [0.717, 1.165) is 5.59 Å². The van der Waals surface area contributed by atoms with Crippen molar-refractivity contribution in [2.24, 2.45) is 0 Å². The molecule has 1 heterocycles. The summed E-state index contributed by atoms with van der Waals surface area (Å²) < 4.78 is 0. The first kappa shape index (κ1) is 7.00. The van der Waals surface area contributed by atoms with Gasteiger partial charge < -0.3 is 0 Å². The second-order valence-corrected chi connectivity index (χ2v) is 2.24. The lowest BCUT2D eigenvalue weighted by atomic mass is 10.0. The molecule has 10 heavy (non-hydrogen) atoms. The van der Waals surface area contributed by atoms with Crippen molar-refractivity contribution in [2.45, 2.75) is 6.92 Å². The molecule has 1 aromatic rings. The lowest BCUT2D eigenvalue weighted by Crippen LogP contribution is -2.08. The van der Waals surface area contributed by atoms with E-state index in [0.29, 0.717) is 5.56 Å². The summed E-state index contributed by atoms with van der Waals surface area (Å²) in [7, 11) is 1.89. The van der Waals surface area contributed by atoms with Gasteiger partial charge in [-0.25, -0.2) is 0 Å². The van der Waals surface area contributed by atoms with Crippen LogP contribution in [0.5, 0.6) is 0 Å². The van der Waals surface area contributed by atoms with Crippen molar-refractivity contribution in [2.75, 3.05) is 0 Å². The number of hydrogen-bond acceptors (Lipinski definition) is 2. The molecule has 0 aliphatic carbocycles. The first-order valence-corrected chi connectivity index (χ1v) is 3.14. The molecule has 0 fully saturated rings. The van der Waals surface area contributed by atoms with Gasteiger partial charge >= 0.3 is 0 Å². The molecule has 0 atom stereocenters. The predicted molar refractivity (Wildman–Crippen MR) is 42.4 cm³/mol. The molecule has 0 aliphatic rings. The molecule has 0 spiro atoms. The summed E-state index contributed by atoms with van der Waals surface area (Å²) in [5, 5.41) is 0. The highest BCUT2D eigenvalue weighted by Crippen LogP contribution is 1.93. The van der Waals surface area contributed by atoms with Crippen LogP contribution in [-0.2, 0) is 0 Å². The molecule has 2 nitrogen and oxygen atoms in total. The zero-order valence-electron chi connectivity index (χ0n) is 6.09. The topological polar surface area (TPSA) is 30.0 Å². The van der Waals surface area contributed by atoms with Gasteiger partial charge in [0, 0.05) is 11.8 Å². The van der Waals surface area contributed by atoms with Crippen molar-refractivity contribution < 1.29 is 4.79 Å².